The van der Waals surface area contributed by atoms with Crippen LogP contribution in [0.25, 0.3) is 0 Å². The van der Waals surface area contributed by atoms with Crippen LogP contribution in [0.3, 0.4) is 0 Å². The standard InChI is InChI=1S/C19H36O3Si/c23-19(20-16-10-4-1-5-11-16,21-17-12-6-2-7-13-17)22-18-14-8-3-9-15-18/h16-18H,1-15H2,23H3. The van der Waals surface area contributed by atoms with E-state index in [2.05, 4.69) is 0 Å². The van der Waals surface area contributed by atoms with Crippen LogP contribution in [0.5, 0.6) is 0 Å². The molecular weight excluding hydrogens is 304 g/mol. The van der Waals surface area contributed by atoms with Crippen LogP contribution in [0, 0.1) is 0 Å². The lowest BCUT2D eigenvalue weighted by molar-refractivity contribution is -0.372. The average molecular weight is 341 g/mol. The summed E-state index contributed by atoms with van der Waals surface area (Å²) in [6.07, 6.45) is 20.1. The molecule has 3 rings (SSSR count). The van der Waals surface area contributed by atoms with Crippen LogP contribution in [0.2, 0.25) is 0 Å². The Morgan fingerprint density at radius 3 is 1.00 bits per heavy atom. The highest BCUT2D eigenvalue weighted by Crippen LogP contribution is 2.32. The Kier molecular flexibility index (Phi) is 6.99. The first-order valence-electron chi connectivity index (χ1n) is 10.3. The van der Waals surface area contributed by atoms with Gasteiger partial charge in [0.15, 0.2) is 0 Å². The lowest BCUT2D eigenvalue weighted by atomic mass is 9.97. The molecule has 0 aromatic rings. The molecule has 0 radical (unpaired) electrons. The molecule has 3 aliphatic carbocycles. The van der Waals surface area contributed by atoms with Crippen molar-refractivity contribution in [1.82, 2.24) is 0 Å². The van der Waals surface area contributed by atoms with Gasteiger partial charge in [-0.2, -0.15) is 0 Å². The largest absolute Gasteiger partial charge is 0.329 e. The molecular formula is C19H36O3Si. The molecule has 134 valence electrons. The zero-order chi connectivity index (χ0) is 16.0. The lowest BCUT2D eigenvalue weighted by Crippen LogP contribution is -2.48. The minimum absolute atomic E-state index is 0.355. The first-order valence-corrected chi connectivity index (χ1v) is 11.3. The Morgan fingerprint density at radius 2 is 0.739 bits per heavy atom. The van der Waals surface area contributed by atoms with Crippen LogP contribution in [-0.4, -0.2) is 34.2 Å². The molecule has 3 saturated carbocycles. The Morgan fingerprint density at radius 1 is 0.478 bits per heavy atom. The first-order chi connectivity index (χ1) is 11.2. The summed E-state index contributed by atoms with van der Waals surface area (Å²) in [6, 6.07) is 0. The van der Waals surface area contributed by atoms with Crippen LogP contribution in [0.15, 0.2) is 0 Å². The zero-order valence-electron chi connectivity index (χ0n) is 15.1. The van der Waals surface area contributed by atoms with E-state index in [0.29, 0.717) is 18.3 Å². The van der Waals surface area contributed by atoms with Gasteiger partial charge in [0, 0.05) is 0 Å². The minimum Gasteiger partial charge on any atom is -0.329 e. The smallest absolute Gasteiger partial charge is 0.246 e. The third kappa shape index (κ3) is 5.84. The summed E-state index contributed by atoms with van der Waals surface area (Å²) in [5.41, 5.74) is -0.688. The normalized spacial score (nSPS) is 26.6. The highest BCUT2D eigenvalue weighted by molar-refractivity contribution is 6.12. The number of rotatable bonds is 6. The molecule has 0 aromatic heterocycles. The van der Waals surface area contributed by atoms with E-state index in [4.69, 9.17) is 14.2 Å². The van der Waals surface area contributed by atoms with E-state index in [-0.39, 0.29) is 0 Å². The van der Waals surface area contributed by atoms with E-state index in [1.165, 1.54) is 96.3 Å². The number of hydrogen-bond donors (Lipinski definition) is 0. The fraction of sp³-hybridized carbons (Fsp3) is 1.00. The molecule has 0 spiro atoms. The van der Waals surface area contributed by atoms with Crippen LogP contribution in [-0.2, 0) is 14.2 Å². The highest BCUT2D eigenvalue weighted by Gasteiger charge is 2.37. The molecule has 4 heteroatoms. The van der Waals surface area contributed by atoms with Crippen molar-refractivity contribution < 1.29 is 14.2 Å². The fourth-order valence-corrected chi connectivity index (χ4v) is 5.54. The van der Waals surface area contributed by atoms with Gasteiger partial charge < -0.3 is 14.2 Å². The molecule has 0 heterocycles. The van der Waals surface area contributed by atoms with Crippen molar-refractivity contribution in [3.8, 4) is 0 Å². The predicted octanol–water partition coefficient (Wildman–Crippen LogP) is 4.01. The topological polar surface area (TPSA) is 27.7 Å². The zero-order valence-corrected chi connectivity index (χ0v) is 17.1. The second kappa shape index (κ2) is 8.98. The van der Waals surface area contributed by atoms with Gasteiger partial charge in [-0.05, 0) is 38.5 Å². The van der Waals surface area contributed by atoms with E-state index in [1.54, 1.807) is 0 Å². The van der Waals surface area contributed by atoms with Gasteiger partial charge in [-0.1, -0.05) is 57.8 Å². The van der Waals surface area contributed by atoms with E-state index in [0.717, 1.165) is 10.2 Å². The van der Waals surface area contributed by atoms with Crippen LogP contribution in [0.4, 0.5) is 0 Å². The third-order valence-corrected chi connectivity index (χ3v) is 6.51. The Balaban J connectivity index is 1.59. The molecule has 3 aliphatic rings. The summed E-state index contributed by atoms with van der Waals surface area (Å²) >= 11 is 0. The predicted molar refractivity (Wildman–Crippen MR) is 96.5 cm³/mol. The minimum atomic E-state index is -0.688. The van der Waals surface area contributed by atoms with Crippen molar-refractivity contribution in [2.45, 2.75) is 120 Å². The SMILES string of the molecule is [SiH3]C(OC1CCCCC1)(OC1CCCCC1)OC1CCCCC1. The molecule has 0 atom stereocenters. The van der Waals surface area contributed by atoms with Gasteiger partial charge in [0.05, 0.1) is 18.3 Å². The van der Waals surface area contributed by atoms with Gasteiger partial charge >= 0.3 is 0 Å². The highest BCUT2D eigenvalue weighted by atomic mass is 28.1. The maximum absolute atomic E-state index is 6.50. The van der Waals surface area contributed by atoms with Crippen molar-refractivity contribution in [2.24, 2.45) is 0 Å². The van der Waals surface area contributed by atoms with Crippen LogP contribution < -0.4 is 0 Å². The molecule has 3 fully saturated rings. The van der Waals surface area contributed by atoms with Gasteiger partial charge in [0.2, 0.25) is 5.60 Å². The monoisotopic (exact) mass is 340 g/mol. The molecule has 0 N–H and O–H groups in total. The molecule has 3 nitrogen and oxygen atoms in total. The molecule has 23 heavy (non-hydrogen) atoms. The van der Waals surface area contributed by atoms with E-state index >= 15 is 0 Å². The van der Waals surface area contributed by atoms with Crippen molar-refractivity contribution in [1.29, 1.82) is 0 Å². The molecule has 0 aromatic carbocycles. The Bertz CT molecular complexity index is 281. The van der Waals surface area contributed by atoms with Crippen molar-refractivity contribution in [2.75, 3.05) is 0 Å². The fourth-order valence-electron chi connectivity index (χ4n) is 4.54. The van der Waals surface area contributed by atoms with Gasteiger partial charge in [-0.15, -0.1) is 0 Å². The summed E-state index contributed by atoms with van der Waals surface area (Å²) in [4.78, 5) is 0. The molecule has 0 amide bonds. The molecule has 0 unspecified atom stereocenters. The summed E-state index contributed by atoms with van der Waals surface area (Å²) in [5, 5.41) is 0. The maximum atomic E-state index is 6.50. The quantitative estimate of drug-likeness (QED) is 0.540. The molecule has 0 saturated heterocycles. The van der Waals surface area contributed by atoms with Crippen LogP contribution >= 0.6 is 0 Å². The third-order valence-electron chi connectivity index (χ3n) is 5.80. The van der Waals surface area contributed by atoms with E-state index in [9.17, 15) is 0 Å². The molecule has 0 aliphatic heterocycles. The van der Waals surface area contributed by atoms with E-state index in [1.807, 2.05) is 0 Å². The van der Waals surface area contributed by atoms with Gasteiger partial charge in [-0.3, -0.25) is 0 Å². The van der Waals surface area contributed by atoms with Gasteiger partial charge in [0.1, 0.15) is 10.2 Å². The number of ether oxygens (including phenoxy) is 3. The van der Waals surface area contributed by atoms with Gasteiger partial charge in [-0.25, -0.2) is 0 Å². The Labute approximate surface area is 145 Å². The lowest BCUT2D eigenvalue weighted by Gasteiger charge is -2.41. The summed E-state index contributed by atoms with van der Waals surface area (Å²) < 4.78 is 19.5. The van der Waals surface area contributed by atoms with Crippen molar-refractivity contribution in [3.63, 3.8) is 0 Å². The maximum Gasteiger partial charge on any atom is 0.246 e. The second-order valence-electron chi connectivity index (χ2n) is 8.00. The summed E-state index contributed by atoms with van der Waals surface area (Å²) in [7, 11) is 0.803. The Hall–Kier alpha value is 0.0969. The second-order valence-corrected chi connectivity index (χ2v) is 9.22. The van der Waals surface area contributed by atoms with Crippen molar-refractivity contribution in [3.05, 3.63) is 0 Å². The average Bonchev–Trinajstić information content (AvgIpc) is 2.57. The molecule has 0 bridgehead atoms. The van der Waals surface area contributed by atoms with Crippen LogP contribution in [0.1, 0.15) is 96.3 Å². The first kappa shape index (κ1) is 17.9. The van der Waals surface area contributed by atoms with Gasteiger partial charge in [0.25, 0.3) is 0 Å². The summed E-state index contributed by atoms with van der Waals surface area (Å²) in [6.45, 7) is 0. The summed E-state index contributed by atoms with van der Waals surface area (Å²) in [5.74, 6) is 0. The van der Waals surface area contributed by atoms with E-state index < -0.39 is 5.60 Å². The number of hydrogen-bond acceptors (Lipinski definition) is 3. The van der Waals surface area contributed by atoms with Crippen molar-refractivity contribution >= 4 is 10.2 Å².